The summed E-state index contributed by atoms with van der Waals surface area (Å²) < 4.78 is 0. The Bertz CT molecular complexity index is 275. The summed E-state index contributed by atoms with van der Waals surface area (Å²) in [5.41, 5.74) is 0. The van der Waals surface area contributed by atoms with E-state index in [1.54, 1.807) is 10.2 Å². The highest BCUT2D eigenvalue weighted by Crippen LogP contribution is 2.57. The van der Waals surface area contributed by atoms with E-state index in [0.717, 1.165) is 5.92 Å². The molecule has 0 aromatic carbocycles. The zero-order chi connectivity index (χ0) is 7.42. The monoisotopic (exact) mass is 182 g/mol. The average Bonchev–Trinajstić information content (AvgIpc) is 2.53. The van der Waals surface area contributed by atoms with Gasteiger partial charge in [-0.15, -0.1) is 11.3 Å². The van der Waals surface area contributed by atoms with Crippen molar-refractivity contribution >= 4 is 24.6 Å². The molecule has 0 saturated carbocycles. The van der Waals surface area contributed by atoms with Crippen molar-refractivity contribution in [2.45, 2.75) is 19.3 Å². The first-order valence-electron chi connectivity index (χ1n) is 4.20. The van der Waals surface area contributed by atoms with Crippen molar-refractivity contribution in [3.63, 3.8) is 0 Å². The molecule has 3 rings (SSSR count). The lowest BCUT2D eigenvalue weighted by Gasteiger charge is -2.08. The van der Waals surface area contributed by atoms with Gasteiger partial charge >= 0.3 is 0 Å². The van der Waals surface area contributed by atoms with Crippen LogP contribution in [0.15, 0.2) is 6.07 Å². The molecule has 2 bridgehead atoms. The molecular weight excluding hydrogens is 171 g/mol. The second-order valence-electron chi connectivity index (χ2n) is 3.54. The van der Waals surface area contributed by atoms with Crippen molar-refractivity contribution in [3.05, 3.63) is 15.8 Å². The molecule has 2 unspecified atom stereocenters. The van der Waals surface area contributed by atoms with Gasteiger partial charge in [0.15, 0.2) is 0 Å². The summed E-state index contributed by atoms with van der Waals surface area (Å²) >= 11 is 2.06. The van der Waals surface area contributed by atoms with Crippen LogP contribution in [0, 0.1) is 6.92 Å². The lowest BCUT2D eigenvalue weighted by molar-refractivity contribution is 0.804. The molecule has 0 amide bonds. The maximum atomic E-state index is 2.45. The molecule has 2 aliphatic heterocycles. The van der Waals surface area contributed by atoms with Gasteiger partial charge in [0, 0.05) is 9.75 Å². The van der Waals surface area contributed by atoms with Crippen LogP contribution in [-0.2, 0) is 0 Å². The summed E-state index contributed by atoms with van der Waals surface area (Å²) in [5.74, 6) is 0.995. The van der Waals surface area contributed by atoms with Crippen LogP contribution in [0.25, 0.3) is 0 Å². The third-order valence-electron chi connectivity index (χ3n) is 2.76. The Kier molecular flexibility index (Phi) is 1.26. The van der Waals surface area contributed by atoms with E-state index in [-0.39, 0.29) is 0 Å². The highest BCUT2D eigenvalue weighted by atomic mass is 32.1. The minimum Gasteiger partial charge on any atom is -0.145 e. The van der Waals surface area contributed by atoms with Gasteiger partial charge in [-0.3, -0.25) is 0 Å². The molecule has 2 aliphatic rings. The normalized spacial score (nSPS) is 32.8. The standard InChI is InChI=1S/C9H11PS/c1-6-4-8-9(11-6)7-2-3-10(8)5-7/h4,7H,2-3,5H2,1H3. The Morgan fingerprint density at radius 3 is 3.36 bits per heavy atom. The minimum absolute atomic E-state index is 0.347. The lowest BCUT2D eigenvalue weighted by Crippen LogP contribution is -2.03. The molecule has 0 spiro atoms. The topological polar surface area (TPSA) is 0 Å². The molecule has 3 heterocycles. The fourth-order valence-electron chi connectivity index (χ4n) is 2.25. The van der Waals surface area contributed by atoms with Gasteiger partial charge in [-0.1, -0.05) is 7.92 Å². The van der Waals surface area contributed by atoms with E-state index >= 15 is 0 Å². The predicted molar refractivity (Wildman–Crippen MR) is 52.7 cm³/mol. The number of aryl methyl sites for hydroxylation is 1. The van der Waals surface area contributed by atoms with Crippen LogP contribution in [0.4, 0.5) is 0 Å². The molecule has 0 aliphatic carbocycles. The molecule has 0 N–H and O–H groups in total. The third-order valence-corrected chi connectivity index (χ3v) is 6.86. The van der Waals surface area contributed by atoms with Gasteiger partial charge < -0.3 is 0 Å². The predicted octanol–water partition coefficient (Wildman–Crippen LogP) is 2.66. The van der Waals surface area contributed by atoms with E-state index in [1.807, 2.05) is 0 Å². The van der Waals surface area contributed by atoms with E-state index in [9.17, 15) is 0 Å². The van der Waals surface area contributed by atoms with Crippen LogP contribution >= 0.6 is 19.3 Å². The second kappa shape index (κ2) is 2.08. The summed E-state index contributed by atoms with van der Waals surface area (Å²) in [6.07, 6.45) is 4.57. The Hall–Kier alpha value is 0.130. The second-order valence-corrected chi connectivity index (χ2v) is 7.20. The first kappa shape index (κ1) is 6.62. The van der Waals surface area contributed by atoms with Crippen molar-refractivity contribution in [1.82, 2.24) is 0 Å². The van der Waals surface area contributed by atoms with Gasteiger partial charge in [0.2, 0.25) is 0 Å². The highest BCUT2D eigenvalue weighted by molar-refractivity contribution is 7.67. The number of fused-ring (bicyclic) bond motifs is 5. The van der Waals surface area contributed by atoms with E-state index in [1.165, 1.54) is 23.6 Å². The Morgan fingerprint density at radius 1 is 1.64 bits per heavy atom. The number of hydrogen-bond donors (Lipinski definition) is 0. The van der Waals surface area contributed by atoms with Crippen molar-refractivity contribution < 1.29 is 0 Å². The van der Waals surface area contributed by atoms with Crippen molar-refractivity contribution in [2.75, 3.05) is 12.3 Å². The third kappa shape index (κ3) is 0.789. The van der Waals surface area contributed by atoms with Crippen LogP contribution in [0.3, 0.4) is 0 Å². The van der Waals surface area contributed by atoms with Crippen LogP contribution in [0.1, 0.15) is 22.1 Å². The van der Waals surface area contributed by atoms with E-state index < -0.39 is 0 Å². The molecule has 1 saturated heterocycles. The summed E-state index contributed by atoms with van der Waals surface area (Å²) in [7, 11) is 0.347. The van der Waals surface area contributed by atoms with Gasteiger partial charge in [-0.05, 0) is 43.0 Å². The van der Waals surface area contributed by atoms with Gasteiger partial charge in [0.05, 0.1) is 0 Å². The van der Waals surface area contributed by atoms with Crippen LogP contribution in [0.5, 0.6) is 0 Å². The highest BCUT2D eigenvalue weighted by Gasteiger charge is 2.37. The van der Waals surface area contributed by atoms with E-state index in [2.05, 4.69) is 24.3 Å². The van der Waals surface area contributed by atoms with Gasteiger partial charge in [0.1, 0.15) is 0 Å². The van der Waals surface area contributed by atoms with E-state index in [0.29, 0.717) is 7.92 Å². The summed E-state index contributed by atoms with van der Waals surface area (Å²) in [5, 5.41) is 1.78. The summed E-state index contributed by atoms with van der Waals surface area (Å²) in [4.78, 5) is 3.30. The average molecular weight is 182 g/mol. The Labute approximate surface area is 72.4 Å². The van der Waals surface area contributed by atoms with Crippen LogP contribution < -0.4 is 5.30 Å². The minimum atomic E-state index is 0.347. The SMILES string of the molecule is Cc1cc2c(s1)C1CCP2C1. The number of hydrogen-bond acceptors (Lipinski definition) is 1. The molecule has 11 heavy (non-hydrogen) atoms. The quantitative estimate of drug-likeness (QED) is 0.541. The first-order chi connectivity index (χ1) is 5.34. The summed E-state index contributed by atoms with van der Waals surface area (Å²) in [6.45, 7) is 2.25. The Balaban J connectivity index is 2.21. The molecule has 0 radical (unpaired) electrons. The van der Waals surface area contributed by atoms with Crippen molar-refractivity contribution in [3.8, 4) is 0 Å². The van der Waals surface area contributed by atoms with Gasteiger partial charge in [-0.2, -0.15) is 0 Å². The smallest absolute Gasteiger partial charge is 0.0159 e. The molecule has 1 aromatic rings. The van der Waals surface area contributed by atoms with Gasteiger partial charge in [0.25, 0.3) is 0 Å². The molecular formula is C9H11PS. The van der Waals surface area contributed by atoms with Crippen LogP contribution in [0.2, 0.25) is 0 Å². The maximum absolute atomic E-state index is 2.45. The van der Waals surface area contributed by atoms with Crippen molar-refractivity contribution in [2.24, 2.45) is 0 Å². The zero-order valence-electron chi connectivity index (χ0n) is 6.63. The number of thiophene rings is 1. The Morgan fingerprint density at radius 2 is 2.55 bits per heavy atom. The molecule has 2 heteroatoms. The fraction of sp³-hybridized carbons (Fsp3) is 0.556. The molecule has 2 atom stereocenters. The maximum Gasteiger partial charge on any atom is 0.0159 e. The van der Waals surface area contributed by atoms with Gasteiger partial charge in [-0.25, -0.2) is 0 Å². The lowest BCUT2D eigenvalue weighted by atomic mass is 10.1. The van der Waals surface area contributed by atoms with Crippen molar-refractivity contribution in [1.29, 1.82) is 0 Å². The molecule has 0 nitrogen and oxygen atoms in total. The zero-order valence-corrected chi connectivity index (χ0v) is 8.34. The fourth-order valence-corrected chi connectivity index (χ4v) is 7.05. The molecule has 1 fully saturated rings. The van der Waals surface area contributed by atoms with Crippen LogP contribution in [-0.4, -0.2) is 12.3 Å². The molecule has 58 valence electrons. The summed E-state index contributed by atoms with van der Waals surface area (Å²) in [6, 6.07) is 2.45. The largest absolute Gasteiger partial charge is 0.145 e. The number of rotatable bonds is 0. The first-order valence-corrected chi connectivity index (χ1v) is 6.73. The molecule has 1 aromatic heterocycles. The van der Waals surface area contributed by atoms with E-state index in [4.69, 9.17) is 0 Å².